The number of allylic oxidation sites excluding steroid dienone is 4. The molecule has 0 aliphatic rings. The van der Waals surface area contributed by atoms with Crippen LogP contribution >= 0.6 is 0 Å². The largest absolute Gasteiger partial charge is 0.0998 e. The average molecular weight is 182 g/mol. The van der Waals surface area contributed by atoms with Crippen LogP contribution < -0.4 is 0 Å². The third-order valence-corrected chi connectivity index (χ3v) is 1.27. The normalized spacial score (nSPS) is 8.31. The summed E-state index contributed by atoms with van der Waals surface area (Å²) in [6, 6.07) is 0. The van der Waals surface area contributed by atoms with Crippen molar-refractivity contribution in [2.24, 2.45) is 0 Å². The first kappa shape index (κ1) is 18.1. The first-order valence-electron chi connectivity index (χ1n) is 4.65. The minimum atomic E-state index is 0. The van der Waals surface area contributed by atoms with Crippen molar-refractivity contribution >= 4 is 0 Å². The summed E-state index contributed by atoms with van der Waals surface area (Å²) < 4.78 is 0. The van der Waals surface area contributed by atoms with Gasteiger partial charge in [-0.1, -0.05) is 64.7 Å². The number of hydrogen-bond acceptors (Lipinski definition) is 0. The monoisotopic (exact) mass is 182 g/mol. The molecule has 0 aromatic heterocycles. The zero-order valence-electron chi connectivity index (χ0n) is 8.98. The molecule has 0 spiro atoms. The van der Waals surface area contributed by atoms with Crippen LogP contribution in [-0.4, -0.2) is 0 Å². The van der Waals surface area contributed by atoms with Gasteiger partial charge in [0, 0.05) is 0 Å². The van der Waals surface area contributed by atoms with Crippen LogP contribution in [0.2, 0.25) is 0 Å². The summed E-state index contributed by atoms with van der Waals surface area (Å²) in [4.78, 5) is 0. The average Bonchev–Trinajstić information content (AvgIpc) is 2.07. The van der Waals surface area contributed by atoms with Gasteiger partial charge in [-0.2, -0.15) is 0 Å². The van der Waals surface area contributed by atoms with Gasteiger partial charge in [0.05, 0.1) is 0 Å². The third kappa shape index (κ3) is 18.3. The summed E-state index contributed by atoms with van der Waals surface area (Å²) in [6.45, 7) is 15.8. The standard InChI is InChI=1S/C10H16.C2H6.CH4/c1-5-10(4)8-6-7-9(2)3;1-2;/h6,8H,2,4-5,7H2,1,3H3;1-2H3;1H4. The van der Waals surface area contributed by atoms with Crippen molar-refractivity contribution in [1.29, 1.82) is 0 Å². The topological polar surface area (TPSA) is 0 Å². The molecule has 0 radical (unpaired) electrons. The molecule has 0 saturated carbocycles. The molecular weight excluding hydrogens is 156 g/mol. The maximum absolute atomic E-state index is 3.85. The van der Waals surface area contributed by atoms with Gasteiger partial charge in [0.1, 0.15) is 0 Å². The molecule has 0 N–H and O–H groups in total. The second-order valence-electron chi connectivity index (χ2n) is 2.58. The van der Waals surface area contributed by atoms with E-state index >= 15 is 0 Å². The summed E-state index contributed by atoms with van der Waals surface area (Å²) in [5.41, 5.74) is 2.38. The molecule has 0 fully saturated rings. The summed E-state index contributed by atoms with van der Waals surface area (Å²) in [7, 11) is 0. The molecule has 0 aliphatic carbocycles. The fraction of sp³-hybridized carbons (Fsp3) is 0.538. The van der Waals surface area contributed by atoms with Crippen molar-refractivity contribution in [2.45, 2.75) is 48.0 Å². The predicted octanol–water partition coefficient (Wildman–Crippen LogP) is 5.14. The summed E-state index contributed by atoms with van der Waals surface area (Å²) >= 11 is 0. The first-order chi connectivity index (χ1) is 5.66. The molecule has 0 heteroatoms. The number of rotatable bonds is 4. The number of hydrogen-bond donors (Lipinski definition) is 0. The van der Waals surface area contributed by atoms with Crippen LogP contribution in [0.1, 0.15) is 48.0 Å². The van der Waals surface area contributed by atoms with E-state index in [-0.39, 0.29) is 7.43 Å². The lowest BCUT2D eigenvalue weighted by Gasteiger charge is -1.91. The lowest BCUT2D eigenvalue weighted by atomic mass is 10.2. The van der Waals surface area contributed by atoms with Crippen molar-refractivity contribution < 1.29 is 0 Å². The van der Waals surface area contributed by atoms with E-state index in [1.54, 1.807) is 0 Å². The van der Waals surface area contributed by atoms with E-state index in [4.69, 9.17) is 0 Å². The third-order valence-electron chi connectivity index (χ3n) is 1.27. The van der Waals surface area contributed by atoms with E-state index in [0.717, 1.165) is 12.8 Å². The molecule has 0 saturated heterocycles. The van der Waals surface area contributed by atoms with Crippen LogP contribution in [0, 0.1) is 0 Å². The predicted molar refractivity (Wildman–Crippen MR) is 66.1 cm³/mol. The van der Waals surface area contributed by atoms with Crippen LogP contribution in [0.4, 0.5) is 0 Å². The highest BCUT2D eigenvalue weighted by Gasteiger charge is 1.81. The first-order valence-corrected chi connectivity index (χ1v) is 4.65. The van der Waals surface area contributed by atoms with E-state index < -0.39 is 0 Å². The Morgan fingerprint density at radius 1 is 1.23 bits per heavy atom. The molecule has 0 nitrogen and oxygen atoms in total. The van der Waals surface area contributed by atoms with Crippen molar-refractivity contribution in [3.8, 4) is 0 Å². The Balaban J connectivity index is -0.000000309. The molecule has 0 bridgehead atoms. The quantitative estimate of drug-likeness (QED) is 0.417. The van der Waals surface area contributed by atoms with Gasteiger partial charge in [0.25, 0.3) is 0 Å². The Kier molecular flexibility index (Phi) is 19.2. The zero-order valence-corrected chi connectivity index (χ0v) is 8.98. The molecule has 0 rings (SSSR count). The highest BCUT2D eigenvalue weighted by atomic mass is 13.9. The fourth-order valence-corrected chi connectivity index (χ4v) is 0.545. The van der Waals surface area contributed by atoms with E-state index in [2.05, 4.69) is 32.2 Å². The van der Waals surface area contributed by atoms with E-state index in [0.29, 0.717) is 0 Å². The summed E-state index contributed by atoms with van der Waals surface area (Å²) in [6.07, 6.45) is 6.18. The molecule has 0 unspecified atom stereocenters. The molecule has 0 amide bonds. The maximum Gasteiger partial charge on any atom is -0.0141 e. The Morgan fingerprint density at radius 2 is 1.69 bits per heavy atom. The van der Waals surface area contributed by atoms with Crippen molar-refractivity contribution in [2.75, 3.05) is 0 Å². The van der Waals surface area contributed by atoms with Crippen LogP contribution in [0.25, 0.3) is 0 Å². The minimum Gasteiger partial charge on any atom is -0.0998 e. The van der Waals surface area contributed by atoms with Crippen LogP contribution in [0.3, 0.4) is 0 Å². The molecule has 0 aromatic rings. The highest BCUT2D eigenvalue weighted by Crippen LogP contribution is 2.02. The van der Waals surface area contributed by atoms with Crippen LogP contribution in [0.5, 0.6) is 0 Å². The van der Waals surface area contributed by atoms with E-state index in [9.17, 15) is 0 Å². The summed E-state index contributed by atoms with van der Waals surface area (Å²) in [5.74, 6) is 0. The van der Waals surface area contributed by atoms with Crippen LogP contribution in [-0.2, 0) is 0 Å². The molecule has 0 aliphatic heterocycles. The molecule has 13 heavy (non-hydrogen) atoms. The second-order valence-corrected chi connectivity index (χ2v) is 2.58. The lowest BCUT2D eigenvalue weighted by Crippen LogP contribution is -1.71. The van der Waals surface area contributed by atoms with E-state index in [1.165, 1.54) is 11.1 Å². The van der Waals surface area contributed by atoms with Gasteiger partial charge in [-0.05, 0) is 19.8 Å². The highest BCUT2D eigenvalue weighted by molar-refractivity contribution is 5.15. The fourth-order valence-electron chi connectivity index (χ4n) is 0.545. The molecule has 0 aromatic carbocycles. The smallest absolute Gasteiger partial charge is 0.0141 e. The van der Waals surface area contributed by atoms with Crippen LogP contribution in [0.15, 0.2) is 36.5 Å². The Bertz CT molecular complexity index is 149. The van der Waals surface area contributed by atoms with Gasteiger partial charge in [-0.3, -0.25) is 0 Å². The van der Waals surface area contributed by atoms with Crippen molar-refractivity contribution in [1.82, 2.24) is 0 Å². The van der Waals surface area contributed by atoms with Gasteiger partial charge in [0.2, 0.25) is 0 Å². The Hall–Kier alpha value is -0.780. The van der Waals surface area contributed by atoms with E-state index in [1.807, 2.05) is 20.8 Å². The lowest BCUT2D eigenvalue weighted by molar-refractivity contribution is 1.14. The van der Waals surface area contributed by atoms with Gasteiger partial charge in [-0.15, -0.1) is 0 Å². The SMILES string of the molecule is C.C=C(C)CC=CC(=C)CC.CC. The minimum absolute atomic E-state index is 0. The Morgan fingerprint density at radius 3 is 2.00 bits per heavy atom. The molecule has 0 heterocycles. The summed E-state index contributed by atoms with van der Waals surface area (Å²) in [5, 5.41) is 0. The zero-order chi connectivity index (χ0) is 9.98. The second kappa shape index (κ2) is 13.8. The molecule has 78 valence electrons. The van der Waals surface area contributed by atoms with Gasteiger partial charge < -0.3 is 0 Å². The van der Waals surface area contributed by atoms with Gasteiger partial charge in [0.15, 0.2) is 0 Å². The molecule has 0 atom stereocenters. The maximum atomic E-state index is 3.85. The van der Waals surface area contributed by atoms with Gasteiger partial charge in [-0.25, -0.2) is 0 Å². The van der Waals surface area contributed by atoms with Crippen molar-refractivity contribution in [3.63, 3.8) is 0 Å². The van der Waals surface area contributed by atoms with Crippen molar-refractivity contribution in [3.05, 3.63) is 36.5 Å². The molecular formula is C13H26. The Labute approximate surface area is 85.1 Å². The van der Waals surface area contributed by atoms with Gasteiger partial charge >= 0.3 is 0 Å².